The molecule has 0 saturated carbocycles. The molecule has 4 nitrogen and oxygen atoms in total. The SMILES string of the molecule is COCCN(CC1CCCN1)c1ncc(Br)cc1C. The first kappa shape index (κ1) is 14.8. The van der Waals surface area contributed by atoms with Crippen LogP contribution in [0.25, 0.3) is 0 Å². The highest BCUT2D eigenvalue weighted by Gasteiger charge is 2.19. The minimum atomic E-state index is 0.571. The zero-order chi connectivity index (χ0) is 13.7. The van der Waals surface area contributed by atoms with E-state index in [1.165, 1.54) is 18.4 Å². The summed E-state index contributed by atoms with van der Waals surface area (Å²) >= 11 is 3.47. The number of anilines is 1. The van der Waals surface area contributed by atoms with Crippen LogP contribution < -0.4 is 10.2 Å². The number of ether oxygens (including phenoxy) is 1. The van der Waals surface area contributed by atoms with Gasteiger partial charge in [0.1, 0.15) is 5.82 Å². The molecule has 1 aliphatic heterocycles. The second kappa shape index (κ2) is 7.22. The van der Waals surface area contributed by atoms with Gasteiger partial charge in [-0.2, -0.15) is 0 Å². The maximum atomic E-state index is 5.22. The molecule has 1 saturated heterocycles. The molecule has 2 heterocycles. The van der Waals surface area contributed by atoms with E-state index in [0.717, 1.165) is 36.5 Å². The van der Waals surface area contributed by atoms with E-state index >= 15 is 0 Å². The first-order valence-electron chi connectivity index (χ1n) is 6.80. The van der Waals surface area contributed by atoms with Crippen LogP contribution in [-0.4, -0.2) is 44.4 Å². The molecule has 1 N–H and O–H groups in total. The van der Waals surface area contributed by atoms with Crippen molar-refractivity contribution in [1.82, 2.24) is 10.3 Å². The number of hydrogen-bond acceptors (Lipinski definition) is 4. The summed E-state index contributed by atoms with van der Waals surface area (Å²) in [7, 11) is 1.74. The topological polar surface area (TPSA) is 37.4 Å². The Morgan fingerprint density at radius 2 is 2.42 bits per heavy atom. The largest absolute Gasteiger partial charge is 0.383 e. The number of methoxy groups -OCH3 is 1. The Labute approximate surface area is 123 Å². The lowest BCUT2D eigenvalue weighted by atomic mass is 10.2. The van der Waals surface area contributed by atoms with Gasteiger partial charge in [-0.05, 0) is 53.9 Å². The third-order valence-corrected chi connectivity index (χ3v) is 3.92. The first-order chi connectivity index (χ1) is 9.20. The fourth-order valence-electron chi connectivity index (χ4n) is 2.53. The van der Waals surface area contributed by atoms with Gasteiger partial charge in [-0.1, -0.05) is 0 Å². The summed E-state index contributed by atoms with van der Waals surface area (Å²) in [4.78, 5) is 6.90. The van der Waals surface area contributed by atoms with Gasteiger partial charge in [0.2, 0.25) is 0 Å². The van der Waals surface area contributed by atoms with Crippen LogP contribution in [-0.2, 0) is 4.74 Å². The van der Waals surface area contributed by atoms with E-state index in [0.29, 0.717) is 6.04 Å². The van der Waals surface area contributed by atoms with Gasteiger partial charge in [0.05, 0.1) is 6.61 Å². The van der Waals surface area contributed by atoms with Gasteiger partial charge in [0.25, 0.3) is 0 Å². The average molecular weight is 328 g/mol. The van der Waals surface area contributed by atoms with Crippen LogP contribution in [0.3, 0.4) is 0 Å². The predicted molar refractivity (Wildman–Crippen MR) is 81.8 cm³/mol. The van der Waals surface area contributed by atoms with E-state index in [-0.39, 0.29) is 0 Å². The number of halogens is 1. The lowest BCUT2D eigenvalue weighted by Crippen LogP contribution is -2.40. The molecule has 0 aromatic carbocycles. The molecule has 5 heteroatoms. The second-order valence-corrected chi connectivity index (χ2v) is 5.94. The molecule has 1 aromatic heterocycles. The maximum Gasteiger partial charge on any atom is 0.131 e. The molecule has 1 fully saturated rings. The second-order valence-electron chi connectivity index (χ2n) is 5.03. The van der Waals surface area contributed by atoms with Crippen molar-refractivity contribution in [1.29, 1.82) is 0 Å². The average Bonchev–Trinajstić information content (AvgIpc) is 2.88. The quantitative estimate of drug-likeness (QED) is 0.870. The van der Waals surface area contributed by atoms with E-state index in [2.05, 4.69) is 44.1 Å². The van der Waals surface area contributed by atoms with Gasteiger partial charge in [0, 0.05) is 36.9 Å². The Hall–Kier alpha value is -0.650. The molecule has 1 aliphatic rings. The zero-order valence-electron chi connectivity index (χ0n) is 11.7. The molecule has 0 bridgehead atoms. The van der Waals surface area contributed by atoms with E-state index in [9.17, 15) is 0 Å². The van der Waals surface area contributed by atoms with Crippen LogP contribution in [0.4, 0.5) is 5.82 Å². The highest BCUT2D eigenvalue weighted by atomic mass is 79.9. The van der Waals surface area contributed by atoms with Crippen LogP contribution in [0, 0.1) is 6.92 Å². The maximum absolute atomic E-state index is 5.22. The Bertz CT molecular complexity index is 408. The summed E-state index contributed by atoms with van der Waals surface area (Å²) in [6.45, 7) is 5.84. The predicted octanol–water partition coefficient (Wildman–Crippen LogP) is 2.36. The number of aromatic nitrogens is 1. The fourth-order valence-corrected chi connectivity index (χ4v) is 2.97. The fraction of sp³-hybridized carbons (Fsp3) is 0.643. The number of rotatable bonds is 6. The van der Waals surface area contributed by atoms with Crippen LogP contribution in [0.5, 0.6) is 0 Å². The standard InChI is InChI=1S/C14H22BrN3O/c1-11-8-12(15)9-17-14(11)18(6-7-19-2)10-13-4-3-5-16-13/h8-9,13,16H,3-7,10H2,1-2H3. The van der Waals surface area contributed by atoms with Gasteiger partial charge < -0.3 is 15.0 Å². The van der Waals surface area contributed by atoms with Crippen molar-refractivity contribution in [2.75, 3.05) is 38.3 Å². The van der Waals surface area contributed by atoms with Crippen molar-refractivity contribution < 1.29 is 4.74 Å². The Morgan fingerprint density at radius 3 is 3.05 bits per heavy atom. The number of hydrogen-bond donors (Lipinski definition) is 1. The van der Waals surface area contributed by atoms with Crippen molar-refractivity contribution in [3.05, 3.63) is 22.3 Å². The van der Waals surface area contributed by atoms with Gasteiger partial charge >= 0.3 is 0 Å². The first-order valence-corrected chi connectivity index (χ1v) is 7.59. The molecule has 19 heavy (non-hydrogen) atoms. The summed E-state index contributed by atoms with van der Waals surface area (Å²) in [5.74, 6) is 1.06. The van der Waals surface area contributed by atoms with E-state index < -0.39 is 0 Å². The van der Waals surface area contributed by atoms with Gasteiger partial charge in [-0.25, -0.2) is 4.98 Å². The molecule has 1 unspecified atom stereocenters. The summed E-state index contributed by atoms with van der Waals surface area (Å²) in [5, 5.41) is 3.54. The molecule has 1 aromatic rings. The molecule has 2 rings (SSSR count). The monoisotopic (exact) mass is 327 g/mol. The molecule has 0 amide bonds. The van der Waals surface area contributed by atoms with E-state index in [1.807, 2.05) is 6.20 Å². The summed E-state index contributed by atoms with van der Waals surface area (Å²) in [6.07, 6.45) is 4.39. The smallest absolute Gasteiger partial charge is 0.131 e. The molecule has 106 valence electrons. The van der Waals surface area contributed by atoms with Crippen molar-refractivity contribution in [3.63, 3.8) is 0 Å². The molecular weight excluding hydrogens is 306 g/mol. The zero-order valence-corrected chi connectivity index (χ0v) is 13.2. The highest BCUT2D eigenvalue weighted by molar-refractivity contribution is 9.10. The number of aryl methyl sites for hydroxylation is 1. The molecule has 1 atom stereocenters. The normalized spacial score (nSPS) is 18.8. The Balaban J connectivity index is 2.10. The molecule has 0 radical (unpaired) electrons. The van der Waals surface area contributed by atoms with Crippen LogP contribution >= 0.6 is 15.9 Å². The van der Waals surface area contributed by atoms with Gasteiger partial charge in [-0.15, -0.1) is 0 Å². The Kier molecular flexibility index (Phi) is 5.60. The summed E-state index contributed by atoms with van der Waals surface area (Å²) in [5.41, 5.74) is 1.20. The van der Waals surface area contributed by atoms with Gasteiger partial charge in [0.15, 0.2) is 0 Å². The number of nitrogens with zero attached hydrogens (tertiary/aromatic N) is 2. The van der Waals surface area contributed by atoms with E-state index in [4.69, 9.17) is 4.74 Å². The minimum absolute atomic E-state index is 0.571. The van der Waals surface area contributed by atoms with Crippen molar-refractivity contribution in [3.8, 4) is 0 Å². The number of nitrogens with one attached hydrogen (secondary N) is 1. The van der Waals surface area contributed by atoms with Crippen molar-refractivity contribution >= 4 is 21.7 Å². The number of pyridine rings is 1. The van der Waals surface area contributed by atoms with Crippen molar-refractivity contribution in [2.45, 2.75) is 25.8 Å². The lowest BCUT2D eigenvalue weighted by molar-refractivity contribution is 0.204. The lowest BCUT2D eigenvalue weighted by Gasteiger charge is -2.28. The molecule has 0 aliphatic carbocycles. The van der Waals surface area contributed by atoms with Crippen LogP contribution in [0.2, 0.25) is 0 Å². The van der Waals surface area contributed by atoms with E-state index in [1.54, 1.807) is 7.11 Å². The summed E-state index contributed by atoms with van der Waals surface area (Å²) < 4.78 is 6.25. The summed E-state index contributed by atoms with van der Waals surface area (Å²) in [6, 6.07) is 2.69. The van der Waals surface area contributed by atoms with Gasteiger partial charge in [-0.3, -0.25) is 0 Å². The van der Waals surface area contributed by atoms with Crippen LogP contribution in [0.15, 0.2) is 16.7 Å². The third-order valence-electron chi connectivity index (χ3n) is 3.49. The minimum Gasteiger partial charge on any atom is -0.383 e. The third kappa shape index (κ3) is 4.16. The van der Waals surface area contributed by atoms with Crippen molar-refractivity contribution in [2.24, 2.45) is 0 Å². The Morgan fingerprint density at radius 1 is 1.58 bits per heavy atom. The molecule has 0 spiro atoms. The van der Waals surface area contributed by atoms with Crippen LogP contribution in [0.1, 0.15) is 18.4 Å². The highest BCUT2D eigenvalue weighted by Crippen LogP contribution is 2.21. The molecular formula is C14H22BrN3O.